The molecule has 0 aliphatic rings. The highest BCUT2D eigenvalue weighted by atomic mass is 19.1. The van der Waals surface area contributed by atoms with Gasteiger partial charge >= 0.3 is 5.69 Å². The minimum absolute atomic E-state index is 0.297. The van der Waals surface area contributed by atoms with Gasteiger partial charge in [0.25, 0.3) is 5.56 Å². The van der Waals surface area contributed by atoms with Gasteiger partial charge in [-0.15, -0.1) is 0 Å². The highest BCUT2D eigenvalue weighted by Gasteiger charge is 2.17. The average molecular weight is 419 g/mol. The SMILES string of the molecule is O=C(Cn1ccc(=O)[nH]c1=O)Nc1c(-c2ccc(F)cc2)ncn1Cc1ccccc1. The Balaban J connectivity index is 1.66. The first-order valence-electron chi connectivity index (χ1n) is 9.44. The molecule has 31 heavy (non-hydrogen) atoms. The summed E-state index contributed by atoms with van der Waals surface area (Å²) in [7, 11) is 0. The maximum atomic E-state index is 13.4. The minimum atomic E-state index is -0.681. The van der Waals surface area contributed by atoms with Crippen LogP contribution in [0.15, 0.2) is 82.8 Å². The van der Waals surface area contributed by atoms with E-state index in [-0.39, 0.29) is 12.4 Å². The molecule has 0 fully saturated rings. The Bertz CT molecular complexity index is 1320. The third-order valence-corrected chi connectivity index (χ3v) is 4.62. The number of hydrogen-bond acceptors (Lipinski definition) is 4. The maximum Gasteiger partial charge on any atom is 0.328 e. The number of nitrogens with zero attached hydrogens (tertiary/aromatic N) is 3. The molecule has 0 saturated carbocycles. The quantitative estimate of drug-likeness (QED) is 0.500. The summed E-state index contributed by atoms with van der Waals surface area (Å²) in [6, 6.07) is 16.6. The summed E-state index contributed by atoms with van der Waals surface area (Å²) >= 11 is 0. The number of H-pyrrole nitrogens is 1. The molecule has 2 aromatic carbocycles. The van der Waals surface area contributed by atoms with Crippen LogP contribution in [0.4, 0.5) is 10.2 Å². The number of aromatic nitrogens is 4. The van der Waals surface area contributed by atoms with Crippen LogP contribution in [-0.2, 0) is 17.9 Å². The molecule has 0 radical (unpaired) electrons. The van der Waals surface area contributed by atoms with Crippen LogP contribution in [0.1, 0.15) is 5.56 Å². The third-order valence-electron chi connectivity index (χ3n) is 4.62. The molecule has 2 heterocycles. The van der Waals surface area contributed by atoms with Gasteiger partial charge in [0, 0.05) is 17.8 Å². The lowest BCUT2D eigenvalue weighted by molar-refractivity contribution is -0.116. The van der Waals surface area contributed by atoms with Gasteiger partial charge in [-0.1, -0.05) is 30.3 Å². The van der Waals surface area contributed by atoms with E-state index in [1.807, 2.05) is 30.3 Å². The highest BCUT2D eigenvalue weighted by molar-refractivity contribution is 5.93. The van der Waals surface area contributed by atoms with Crippen molar-refractivity contribution in [3.63, 3.8) is 0 Å². The molecule has 0 aliphatic carbocycles. The van der Waals surface area contributed by atoms with E-state index in [9.17, 15) is 18.8 Å². The number of aromatic amines is 1. The van der Waals surface area contributed by atoms with Crippen molar-refractivity contribution in [1.29, 1.82) is 0 Å². The smallest absolute Gasteiger partial charge is 0.312 e. The number of anilines is 1. The van der Waals surface area contributed by atoms with Crippen molar-refractivity contribution in [3.8, 4) is 11.3 Å². The zero-order chi connectivity index (χ0) is 21.8. The second-order valence-electron chi connectivity index (χ2n) is 6.85. The molecular formula is C22H18FN5O3. The summed E-state index contributed by atoms with van der Waals surface area (Å²) in [6.45, 7) is 0.151. The van der Waals surface area contributed by atoms with Crippen LogP contribution in [0.2, 0.25) is 0 Å². The molecule has 156 valence electrons. The van der Waals surface area contributed by atoms with Crippen molar-refractivity contribution in [2.24, 2.45) is 0 Å². The van der Waals surface area contributed by atoms with Gasteiger partial charge in [0.05, 0.1) is 12.9 Å². The van der Waals surface area contributed by atoms with E-state index in [1.54, 1.807) is 23.0 Å². The number of carbonyl (C=O) groups excluding carboxylic acids is 1. The van der Waals surface area contributed by atoms with Crippen molar-refractivity contribution >= 4 is 11.7 Å². The van der Waals surface area contributed by atoms with Gasteiger partial charge in [0.2, 0.25) is 5.91 Å². The van der Waals surface area contributed by atoms with Crippen molar-refractivity contribution < 1.29 is 9.18 Å². The van der Waals surface area contributed by atoms with Crippen molar-refractivity contribution in [3.05, 3.63) is 105 Å². The Hall–Kier alpha value is -4.27. The van der Waals surface area contributed by atoms with Crippen LogP contribution in [0.25, 0.3) is 11.3 Å². The van der Waals surface area contributed by atoms with Crippen LogP contribution >= 0.6 is 0 Å². The topological polar surface area (TPSA) is 102 Å². The third kappa shape index (κ3) is 4.67. The molecule has 0 saturated heterocycles. The van der Waals surface area contributed by atoms with Gasteiger partial charge in [-0.2, -0.15) is 0 Å². The fraction of sp³-hybridized carbons (Fsp3) is 0.0909. The Morgan fingerprint density at radius 1 is 1.00 bits per heavy atom. The molecule has 8 nitrogen and oxygen atoms in total. The molecule has 0 unspecified atom stereocenters. The molecule has 2 N–H and O–H groups in total. The highest BCUT2D eigenvalue weighted by Crippen LogP contribution is 2.27. The number of halogens is 1. The Kier molecular flexibility index (Phi) is 5.57. The lowest BCUT2D eigenvalue weighted by Gasteiger charge is -2.12. The van der Waals surface area contributed by atoms with Crippen molar-refractivity contribution in [2.75, 3.05) is 5.32 Å². The molecule has 4 rings (SSSR count). The molecule has 4 aromatic rings. The summed E-state index contributed by atoms with van der Waals surface area (Å²) in [6.07, 6.45) is 2.84. The number of amides is 1. The van der Waals surface area contributed by atoms with E-state index in [4.69, 9.17) is 0 Å². The zero-order valence-electron chi connectivity index (χ0n) is 16.3. The fourth-order valence-electron chi connectivity index (χ4n) is 3.13. The van der Waals surface area contributed by atoms with Crippen molar-refractivity contribution in [2.45, 2.75) is 13.1 Å². The number of rotatable bonds is 6. The standard InChI is InChI=1S/C22H18FN5O3/c23-17-8-6-16(7-9-17)20-21(28(14-24-20)12-15-4-2-1-3-5-15)25-19(30)13-27-11-10-18(29)26-22(27)31/h1-11,14H,12-13H2,(H,25,30)(H,26,29,31). The Morgan fingerprint density at radius 3 is 2.45 bits per heavy atom. The van der Waals surface area contributed by atoms with E-state index in [2.05, 4.69) is 15.3 Å². The summed E-state index contributed by atoms with van der Waals surface area (Å²) in [5.41, 5.74) is 0.876. The monoisotopic (exact) mass is 419 g/mol. The van der Waals surface area contributed by atoms with E-state index >= 15 is 0 Å². The second-order valence-corrected chi connectivity index (χ2v) is 6.85. The minimum Gasteiger partial charge on any atom is -0.312 e. The first kappa shape index (κ1) is 20.0. The van der Waals surface area contributed by atoms with E-state index in [1.165, 1.54) is 18.3 Å². The predicted octanol–water partition coefficient (Wildman–Crippen LogP) is 2.23. The predicted molar refractivity (Wildman–Crippen MR) is 113 cm³/mol. The lowest BCUT2D eigenvalue weighted by atomic mass is 10.1. The van der Waals surface area contributed by atoms with Crippen LogP contribution in [0.3, 0.4) is 0 Å². The first-order chi connectivity index (χ1) is 15.0. The van der Waals surface area contributed by atoms with Gasteiger partial charge in [-0.05, 0) is 29.8 Å². The summed E-state index contributed by atoms with van der Waals surface area (Å²) < 4.78 is 16.2. The number of imidazole rings is 1. The van der Waals surface area contributed by atoms with Gasteiger partial charge < -0.3 is 9.88 Å². The summed E-state index contributed by atoms with van der Waals surface area (Å²) in [5.74, 6) is -0.444. The van der Waals surface area contributed by atoms with Crippen LogP contribution in [-0.4, -0.2) is 25.0 Å². The molecule has 9 heteroatoms. The Morgan fingerprint density at radius 2 is 1.74 bits per heavy atom. The van der Waals surface area contributed by atoms with Gasteiger partial charge in [-0.3, -0.25) is 19.1 Å². The van der Waals surface area contributed by atoms with Gasteiger partial charge in [0.1, 0.15) is 23.9 Å². The van der Waals surface area contributed by atoms with E-state index in [0.717, 1.165) is 16.2 Å². The van der Waals surface area contributed by atoms with Crippen molar-refractivity contribution in [1.82, 2.24) is 19.1 Å². The largest absolute Gasteiger partial charge is 0.328 e. The molecule has 0 bridgehead atoms. The normalized spacial score (nSPS) is 10.7. The molecule has 2 aromatic heterocycles. The second kappa shape index (κ2) is 8.62. The maximum absolute atomic E-state index is 13.4. The van der Waals surface area contributed by atoms with E-state index < -0.39 is 17.2 Å². The molecule has 0 atom stereocenters. The molecular weight excluding hydrogens is 401 g/mol. The number of benzene rings is 2. The van der Waals surface area contributed by atoms with E-state index in [0.29, 0.717) is 23.6 Å². The fourth-order valence-corrected chi connectivity index (χ4v) is 3.13. The van der Waals surface area contributed by atoms with Crippen LogP contribution in [0, 0.1) is 5.82 Å². The summed E-state index contributed by atoms with van der Waals surface area (Å²) in [4.78, 5) is 42.3. The zero-order valence-corrected chi connectivity index (χ0v) is 16.3. The van der Waals surface area contributed by atoms with Crippen LogP contribution < -0.4 is 16.6 Å². The summed E-state index contributed by atoms with van der Waals surface area (Å²) in [5, 5.41) is 2.80. The first-order valence-corrected chi connectivity index (χ1v) is 9.44. The lowest BCUT2D eigenvalue weighted by Crippen LogP contribution is -2.33. The molecule has 0 aliphatic heterocycles. The Labute approximate surface area is 175 Å². The molecule has 1 amide bonds. The van der Waals surface area contributed by atoms with Gasteiger partial charge in [-0.25, -0.2) is 14.2 Å². The van der Waals surface area contributed by atoms with Crippen LogP contribution in [0.5, 0.6) is 0 Å². The molecule has 0 spiro atoms. The average Bonchev–Trinajstić information content (AvgIpc) is 3.13. The number of nitrogens with one attached hydrogen (secondary N) is 2. The number of hydrogen-bond donors (Lipinski definition) is 2. The van der Waals surface area contributed by atoms with Gasteiger partial charge in [0.15, 0.2) is 0 Å². The number of carbonyl (C=O) groups is 1.